The minimum absolute atomic E-state index is 0.181. The summed E-state index contributed by atoms with van der Waals surface area (Å²) in [4.78, 5) is 11.4. The summed E-state index contributed by atoms with van der Waals surface area (Å²) in [5.74, 6) is -0.195. The van der Waals surface area contributed by atoms with Gasteiger partial charge in [0.1, 0.15) is 5.75 Å². The first-order valence-electron chi connectivity index (χ1n) is 6.38. The monoisotopic (exact) mass is 249 g/mol. The maximum Gasteiger partial charge on any atom is 0.311 e. The first kappa shape index (κ1) is 12.9. The van der Waals surface area contributed by atoms with Gasteiger partial charge in [-0.05, 0) is 50.0 Å². The van der Waals surface area contributed by atoms with E-state index in [1.54, 1.807) is 0 Å². The number of ether oxygens (including phenoxy) is 1. The van der Waals surface area contributed by atoms with Crippen molar-refractivity contribution in [3.8, 4) is 5.75 Å². The highest BCUT2D eigenvalue weighted by Crippen LogP contribution is 2.30. The Morgan fingerprint density at radius 1 is 1.50 bits per heavy atom. The minimum atomic E-state index is -0.743. The van der Waals surface area contributed by atoms with Crippen LogP contribution >= 0.6 is 0 Å². The first-order chi connectivity index (χ1) is 8.72. The van der Waals surface area contributed by atoms with Gasteiger partial charge in [-0.25, -0.2) is 0 Å². The average Bonchev–Trinajstić information content (AvgIpc) is 2.85. The van der Waals surface area contributed by atoms with Gasteiger partial charge in [-0.15, -0.1) is 0 Å². The number of hydrogen-bond acceptors (Lipinski definition) is 3. The van der Waals surface area contributed by atoms with Crippen LogP contribution in [0.2, 0.25) is 0 Å². The molecule has 0 radical (unpaired) electrons. The van der Waals surface area contributed by atoms with E-state index in [1.807, 2.05) is 31.2 Å². The molecule has 98 valence electrons. The smallest absolute Gasteiger partial charge is 0.311 e. The van der Waals surface area contributed by atoms with Crippen molar-refractivity contribution in [1.82, 2.24) is 5.32 Å². The molecule has 1 heterocycles. The number of carboxylic acid groups (broad SMARTS) is 1. The highest BCUT2D eigenvalue weighted by Gasteiger charge is 2.31. The summed E-state index contributed by atoms with van der Waals surface area (Å²) in [6.45, 7) is 4.24. The molecule has 0 aliphatic carbocycles. The lowest BCUT2D eigenvalue weighted by molar-refractivity contribution is -0.140. The molecule has 2 unspecified atom stereocenters. The van der Waals surface area contributed by atoms with Crippen LogP contribution in [0, 0.1) is 5.92 Å². The van der Waals surface area contributed by atoms with Gasteiger partial charge in [-0.3, -0.25) is 4.79 Å². The highest BCUT2D eigenvalue weighted by atomic mass is 16.5. The molecule has 0 saturated carbocycles. The number of carbonyl (C=O) groups is 1. The Morgan fingerprint density at radius 2 is 2.22 bits per heavy atom. The maximum atomic E-state index is 11.4. The average molecular weight is 249 g/mol. The third-order valence-corrected chi connectivity index (χ3v) is 3.39. The Bertz CT molecular complexity index is 396. The van der Waals surface area contributed by atoms with Gasteiger partial charge in [0.25, 0.3) is 0 Å². The van der Waals surface area contributed by atoms with Crippen molar-refractivity contribution in [2.45, 2.75) is 19.3 Å². The van der Waals surface area contributed by atoms with Crippen LogP contribution < -0.4 is 10.1 Å². The summed E-state index contributed by atoms with van der Waals surface area (Å²) in [7, 11) is 0. The molecule has 18 heavy (non-hydrogen) atoms. The van der Waals surface area contributed by atoms with Gasteiger partial charge in [-0.1, -0.05) is 12.1 Å². The van der Waals surface area contributed by atoms with Gasteiger partial charge in [0.15, 0.2) is 0 Å². The number of aliphatic carboxylic acids is 1. The van der Waals surface area contributed by atoms with E-state index >= 15 is 0 Å². The normalized spacial score (nSPS) is 20.6. The second kappa shape index (κ2) is 5.87. The summed E-state index contributed by atoms with van der Waals surface area (Å²) in [5, 5.41) is 12.6. The van der Waals surface area contributed by atoms with Gasteiger partial charge < -0.3 is 15.2 Å². The van der Waals surface area contributed by atoms with E-state index in [-0.39, 0.29) is 5.92 Å². The lowest BCUT2D eigenvalue weighted by Gasteiger charge is -2.19. The molecular weight excluding hydrogens is 230 g/mol. The zero-order chi connectivity index (χ0) is 13.0. The Morgan fingerprint density at radius 3 is 2.72 bits per heavy atom. The Balaban J connectivity index is 2.17. The van der Waals surface area contributed by atoms with Crippen LogP contribution in [0.3, 0.4) is 0 Å². The van der Waals surface area contributed by atoms with E-state index in [4.69, 9.17) is 4.74 Å². The maximum absolute atomic E-state index is 11.4. The molecule has 0 aromatic heterocycles. The molecule has 1 fully saturated rings. The molecule has 1 saturated heterocycles. The van der Waals surface area contributed by atoms with E-state index in [9.17, 15) is 9.90 Å². The van der Waals surface area contributed by atoms with E-state index in [0.29, 0.717) is 6.61 Å². The lowest BCUT2D eigenvalue weighted by atomic mass is 9.85. The van der Waals surface area contributed by atoms with E-state index < -0.39 is 11.9 Å². The third kappa shape index (κ3) is 2.82. The van der Waals surface area contributed by atoms with Gasteiger partial charge in [0.2, 0.25) is 0 Å². The molecule has 2 N–H and O–H groups in total. The summed E-state index contributed by atoms with van der Waals surface area (Å²) in [5.41, 5.74) is 0.861. The van der Waals surface area contributed by atoms with Crippen molar-refractivity contribution in [1.29, 1.82) is 0 Å². The summed E-state index contributed by atoms with van der Waals surface area (Å²) >= 11 is 0. The summed E-state index contributed by atoms with van der Waals surface area (Å²) in [6, 6.07) is 7.42. The summed E-state index contributed by atoms with van der Waals surface area (Å²) < 4.78 is 5.37. The third-order valence-electron chi connectivity index (χ3n) is 3.39. The number of rotatable bonds is 5. The Hall–Kier alpha value is -1.55. The molecular formula is C14H19NO3. The topological polar surface area (TPSA) is 58.6 Å². The fourth-order valence-corrected chi connectivity index (χ4v) is 2.52. The van der Waals surface area contributed by atoms with E-state index in [1.165, 1.54) is 0 Å². The minimum Gasteiger partial charge on any atom is -0.494 e. The van der Waals surface area contributed by atoms with Crippen molar-refractivity contribution in [3.63, 3.8) is 0 Å². The molecule has 0 spiro atoms. The predicted molar refractivity (Wildman–Crippen MR) is 69.0 cm³/mol. The van der Waals surface area contributed by atoms with E-state index in [0.717, 1.165) is 30.8 Å². The van der Waals surface area contributed by atoms with Crippen molar-refractivity contribution >= 4 is 5.97 Å². The Labute approximate surface area is 107 Å². The fourth-order valence-electron chi connectivity index (χ4n) is 2.52. The van der Waals surface area contributed by atoms with Crippen LogP contribution in [0.25, 0.3) is 0 Å². The van der Waals surface area contributed by atoms with Crippen LogP contribution in [0.1, 0.15) is 24.8 Å². The van der Waals surface area contributed by atoms with Crippen molar-refractivity contribution < 1.29 is 14.6 Å². The van der Waals surface area contributed by atoms with Crippen LogP contribution in [0.4, 0.5) is 0 Å². The van der Waals surface area contributed by atoms with Gasteiger partial charge in [0.05, 0.1) is 12.5 Å². The van der Waals surface area contributed by atoms with Crippen molar-refractivity contribution in [2.75, 3.05) is 19.7 Å². The molecule has 0 bridgehead atoms. The molecule has 1 aliphatic heterocycles. The van der Waals surface area contributed by atoms with Crippen molar-refractivity contribution in [3.05, 3.63) is 29.8 Å². The Kier molecular flexibility index (Phi) is 4.20. The van der Waals surface area contributed by atoms with Crippen LogP contribution in [-0.4, -0.2) is 30.8 Å². The number of carboxylic acids is 1. The molecule has 0 amide bonds. The molecule has 2 atom stereocenters. The number of benzene rings is 1. The van der Waals surface area contributed by atoms with Crippen LogP contribution in [0.5, 0.6) is 5.75 Å². The fraction of sp³-hybridized carbons (Fsp3) is 0.500. The zero-order valence-electron chi connectivity index (χ0n) is 10.6. The van der Waals surface area contributed by atoms with Gasteiger partial charge in [0, 0.05) is 0 Å². The SMILES string of the molecule is CCOc1ccc(C(C(=O)O)C2CCNC2)cc1. The van der Waals surface area contributed by atoms with Crippen LogP contribution in [0.15, 0.2) is 24.3 Å². The van der Waals surface area contributed by atoms with Gasteiger partial charge in [-0.2, -0.15) is 0 Å². The lowest BCUT2D eigenvalue weighted by Crippen LogP contribution is -2.23. The second-order valence-electron chi connectivity index (χ2n) is 4.57. The van der Waals surface area contributed by atoms with Crippen molar-refractivity contribution in [2.24, 2.45) is 5.92 Å². The molecule has 1 aliphatic rings. The highest BCUT2D eigenvalue weighted by molar-refractivity contribution is 5.76. The quantitative estimate of drug-likeness (QED) is 0.836. The zero-order valence-corrected chi connectivity index (χ0v) is 10.6. The number of nitrogens with one attached hydrogen (secondary N) is 1. The first-order valence-corrected chi connectivity index (χ1v) is 6.38. The van der Waals surface area contributed by atoms with Gasteiger partial charge >= 0.3 is 5.97 Å². The summed E-state index contributed by atoms with van der Waals surface area (Å²) in [6.07, 6.45) is 0.921. The molecule has 1 aromatic carbocycles. The molecule has 1 aromatic rings. The van der Waals surface area contributed by atoms with E-state index in [2.05, 4.69) is 5.32 Å². The number of hydrogen-bond donors (Lipinski definition) is 2. The molecule has 2 rings (SSSR count). The molecule has 4 nitrogen and oxygen atoms in total. The second-order valence-corrected chi connectivity index (χ2v) is 4.57. The largest absolute Gasteiger partial charge is 0.494 e. The molecule has 4 heteroatoms. The van der Waals surface area contributed by atoms with Crippen LogP contribution in [-0.2, 0) is 4.79 Å². The predicted octanol–water partition coefficient (Wildman–Crippen LogP) is 1.86. The standard InChI is InChI=1S/C14H19NO3/c1-2-18-12-5-3-10(4-6-12)13(14(16)17)11-7-8-15-9-11/h3-6,11,13,15H,2,7-9H2,1H3,(H,16,17).